The van der Waals surface area contributed by atoms with Gasteiger partial charge < -0.3 is 4.90 Å². The van der Waals surface area contributed by atoms with Crippen molar-refractivity contribution in [3.8, 4) is 0 Å². The molecule has 1 amide bonds. The number of aryl methyl sites for hydroxylation is 2. The Labute approximate surface area is 194 Å². The smallest absolute Gasteiger partial charge is 0.259 e. The molecular weight excluding hydrogens is 412 g/mol. The predicted octanol–water partition coefficient (Wildman–Crippen LogP) is 3.30. The average Bonchev–Trinajstić information content (AvgIpc) is 3.45. The van der Waals surface area contributed by atoms with Gasteiger partial charge in [0.2, 0.25) is 5.96 Å². The molecule has 6 rings (SSSR count). The summed E-state index contributed by atoms with van der Waals surface area (Å²) in [6.07, 6.45) is 2.34. The van der Waals surface area contributed by atoms with E-state index in [1.807, 2.05) is 4.90 Å². The second kappa shape index (κ2) is 7.96. The molecule has 0 unspecified atom stereocenters. The van der Waals surface area contributed by atoms with E-state index in [9.17, 15) is 9.59 Å². The molecule has 0 atom stereocenters. The van der Waals surface area contributed by atoms with E-state index >= 15 is 0 Å². The second-order valence-corrected chi connectivity index (χ2v) is 9.51. The van der Waals surface area contributed by atoms with Crippen molar-refractivity contribution in [1.29, 1.82) is 0 Å². The largest absolute Gasteiger partial charge is 0.314 e. The summed E-state index contributed by atoms with van der Waals surface area (Å²) in [5, 5.41) is 0. The van der Waals surface area contributed by atoms with Crippen LogP contribution in [0.1, 0.15) is 45.5 Å². The van der Waals surface area contributed by atoms with Gasteiger partial charge in [-0.1, -0.05) is 42.0 Å². The number of nitrogens with zero attached hydrogens (tertiary/aromatic N) is 4. The van der Waals surface area contributed by atoms with E-state index in [0.717, 1.165) is 72.9 Å². The number of rotatable bonds is 4. The molecule has 0 saturated heterocycles. The third-order valence-electron chi connectivity index (χ3n) is 7.25. The molecule has 0 saturated carbocycles. The average molecular weight is 441 g/mol. The summed E-state index contributed by atoms with van der Waals surface area (Å²) < 4.78 is 0. The van der Waals surface area contributed by atoms with Crippen LogP contribution in [0.5, 0.6) is 0 Å². The molecule has 0 spiro atoms. The van der Waals surface area contributed by atoms with E-state index in [1.165, 1.54) is 11.1 Å². The van der Waals surface area contributed by atoms with Crippen LogP contribution in [0.25, 0.3) is 0 Å². The van der Waals surface area contributed by atoms with Gasteiger partial charge in [-0.2, -0.15) is 0 Å². The lowest BCUT2D eigenvalue weighted by molar-refractivity contribution is -0.125. The SMILES string of the molecule is Cc1ccc(CN2C(=O)C3=C(CCN(Cc4ccc5c(c4)C(=O)CC5)C3)N3CCN=C23)cc1. The summed E-state index contributed by atoms with van der Waals surface area (Å²) in [5.74, 6) is 1.15. The summed E-state index contributed by atoms with van der Waals surface area (Å²) >= 11 is 0. The van der Waals surface area contributed by atoms with E-state index < -0.39 is 0 Å². The molecule has 0 N–H and O–H groups in total. The zero-order chi connectivity index (χ0) is 22.5. The highest BCUT2D eigenvalue weighted by Gasteiger charge is 2.41. The first-order chi connectivity index (χ1) is 16.1. The summed E-state index contributed by atoms with van der Waals surface area (Å²) in [7, 11) is 0. The molecule has 0 radical (unpaired) electrons. The fourth-order valence-corrected chi connectivity index (χ4v) is 5.47. The van der Waals surface area contributed by atoms with Crippen molar-refractivity contribution in [3.05, 3.63) is 81.6 Å². The molecule has 2 aromatic rings. The van der Waals surface area contributed by atoms with Crippen LogP contribution in [-0.4, -0.2) is 58.5 Å². The Kier molecular flexibility index (Phi) is 4.91. The Balaban J connectivity index is 1.24. The maximum Gasteiger partial charge on any atom is 0.259 e. The van der Waals surface area contributed by atoms with Crippen molar-refractivity contribution in [2.24, 2.45) is 4.99 Å². The zero-order valence-electron chi connectivity index (χ0n) is 19.0. The van der Waals surface area contributed by atoms with E-state index in [1.54, 1.807) is 0 Å². The predicted molar refractivity (Wildman–Crippen MR) is 127 cm³/mol. The number of ketones is 1. The topological polar surface area (TPSA) is 56.2 Å². The Morgan fingerprint density at radius 3 is 2.58 bits per heavy atom. The van der Waals surface area contributed by atoms with Crippen LogP contribution in [0.2, 0.25) is 0 Å². The Morgan fingerprint density at radius 1 is 0.909 bits per heavy atom. The Bertz CT molecular complexity index is 1210. The van der Waals surface area contributed by atoms with E-state index in [0.29, 0.717) is 19.5 Å². The minimum Gasteiger partial charge on any atom is -0.314 e. The first-order valence-corrected chi connectivity index (χ1v) is 11.9. The minimum atomic E-state index is 0.0799. The number of benzene rings is 2. The van der Waals surface area contributed by atoms with Gasteiger partial charge in [-0.3, -0.25) is 24.4 Å². The molecule has 33 heavy (non-hydrogen) atoms. The van der Waals surface area contributed by atoms with Crippen LogP contribution in [0.3, 0.4) is 0 Å². The normalized spacial score (nSPS) is 20.2. The highest BCUT2D eigenvalue weighted by Crippen LogP contribution is 2.32. The summed E-state index contributed by atoms with van der Waals surface area (Å²) in [5.41, 5.74) is 7.58. The van der Waals surface area contributed by atoms with Crippen LogP contribution in [0.4, 0.5) is 0 Å². The molecule has 0 bridgehead atoms. The van der Waals surface area contributed by atoms with Crippen molar-refractivity contribution in [3.63, 3.8) is 0 Å². The summed E-state index contributed by atoms with van der Waals surface area (Å²) in [6, 6.07) is 14.7. The van der Waals surface area contributed by atoms with Crippen molar-refractivity contribution >= 4 is 17.6 Å². The third-order valence-corrected chi connectivity index (χ3v) is 7.25. The number of aliphatic imine (C=N–C) groups is 1. The zero-order valence-corrected chi connectivity index (χ0v) is 19.0. The van der Waals surface area contributed by atoms with Gasteiger partial charge in [-0.15, -0.1) is 0 Å². The molecule has 0 aromatic heterocycles. The van der Waals surface area contributed by atoms with Crippen LogP contribution >= 0.6 is 0 Å². The van der Waals surface area contributed by atoms with Crippen molar-refractivity contribution in [1.82, 2.24) is 14.7 Å². The first-order valence-electron chi connectivity index (χ1n) is 11.9. The van der Waals surface area contributed by atoms with E-state index in [2.05, 4.69) is 64.2 Å². The van der Waals surface area contributed by atoms with Crippen LogP contribution in [0, 0.1) is 6.92 Å². The van der Waals surface area contributed by atoms with E-state index in [4.69, 9.17) is 0 Å². The number of carbonyl (C=O) groups is 2. The number of hydrogen-bond acceptors (Lipinski definition) is 5. The van der Waals surface area contributed by atoms with Gasteiger partial charge in [0, 0.05) is 50.3 Å². The third kappa shape index (κ3) is 3.59. The summed E-state index contributed by atoms with van der Waals surface area (Å²) in [6.45, 7) is 6.48. The van der Waals surface area contributed by atoms with Gasteiger partial charge in [0.1, 0.15) is 0 Å². The summed E-state index contributed by atoms with van der Waals surface area (Å²) in [4.78, 5) is 37.0. The number of amides is 1. The maximum absolute atomic E-state index is 13.7. The first kappa shape index (κ1) is 20.4. The second-order valence-electron chi connectivity index (χ2n) is 9.51. The molecule has 6 nitrogen and oxygen atoms in total. The van der Waals surface area contributed by atoms with Gasteiger partial charge in [-0.25, -0.2) is 0 Å². The van der Waals surface area contributed by atoms with Crippen molar-refractivity contribution in [2.45, 2.75) is 39.3 Å². The molecule has 3 aliphatic heterocycles. The fraction of sp³-hybridized carbons (Fsp3) is 0.370. The lowest BCUT2D eigenvalue weighted by atomic mass is 9.99. The lowest BCUT2D eigenvalue weighted by Gasteiger charge is -2.42. The van der Waals surface area contributed by atoms with E-state index in [-0.39, 0.29) is 11.7 Å². The highest BCUT2D eigenvalue weighted by molar-refractivity contribution is 6.09. The Hall–Kier alpha value is -3.25. The van der Waals surface area contributed by atoms with Gasteiger partial charge in [0.25, 0.3) is 5.91 Å². The number of carbonyl (C=O) groups excluding carboxylic acids is 2. The molecule has 0 fully saturated rings. The maximum atomic E-state index is 13.7. The monoisotopic (exact) mass is 440 g/mol. The van der Waals surface area contributed by atoms with Gasteiger partial charge >= 0.3 is 0 Å². The molecule has 6 heteroatoms. The van der Waals surface area contributed by atoms with Crippen molar-refractivity contribution < 1.29 is 9.59 Å². The molecular formula is C27H28N4O2. The standard InChI is InChI=1S/C27H28N4O2/c1-18-2-4-19(5-3-18)16-31-26(33)23-17-29(12-10-24(23)30-13-11-28-27(30)31)15-20-6-7-21-8-9-25(32)22(21)14-20/h2-7,14H,8-13,15-17H2,1H3. The van der Waals surface area contributed by atoms with Crippen LogP contribution in [0.15, 0.2) is 58.7 Å². The van der Waals surface area contributed by atoms with Crippen molar-refractivity contribution in [2.75, 3.05) is 26.2 Å². The highest BCUT2D eigenvalue weighted by atomic mass is 16.2. The number of fused-ring (bicyclic) bond motifs is 3. The number of guanidine groups is 1. The van der Waals surface area contributed by atoms with Crippen LogP contribution in [-0.2, 0) is 24.3 Å². The van der Waals surface area contributed by atoms with Gasteiger partial charge in [0.05, 0.1) is 18.7 Å². The molecule has 168 valence electrons. The fourth-order valence-electron chi connectivity index (χ4n) is 5.47. The number of Topliss-reactive ketones (excluding diaryl/α,β-unsaturated/α-hetero) is 1. The molecule has 3 heterocycles. The Morgan fingerprint density at radius 2 is 1.73 bits per heavy atom. The van der Waals surface area contributed by atoms with Gasteiger partial charge in [-0.05, 0) is 36.1 Å². The quantitative estimate of drug-likeness (QED) is 0.732. The number of hydrogen-bond donors (Lipinski definition) is 0. The van der Waals surface area contributed by atoms with Crippen LogP contribution < -0.4 is 0 Å². The molecule has 2 aromatic carbocycles. The molecule has 4 aliphatic rings. The lowest BCUT2D eigenvalue weighted by Crippen LogP contribution is -2.53. The molecule has 1 aliphatic carbocycles. The van der Waals surface area contributed by atoms with Gasteiger partial charge in [0.15, 0.2) is 5.78 Å². The minimum absolute atomic E-state index is 0.0799.